The summed E-state index contributed by atoms with van der Waals surface area (Å²) in [6.07, 6.45) is 1.16. The van der Waals surface area contributed by atoms with Crippen LogP contribution in [0, 0.1) is 0 Å². The number of methoxy groups -OCH3 is 1. The van der Waals surface area contributed by atoms with E-state index >= 15 is 0 Å². The van der Waals surface area contributed by atoms with Gasteiger partial charge in [0.05, 0.1) is 18.4 Å². The second-order valence-electron chi connectivity index (χ2n) is 4.81. The maximum atomic E-state index is 12.1. The van der Waals surface area contributed by atoms with Gasteiger partial charge in [-0.25, -0.2) is 13.2 Å². The van der Waals surface area contributed by atoms with Crippen LogP contribution >= 0.6 is 0 Å². The third-order valence-corrected chi connectivity index (χ3v) is 3.75. The van der Waals surface area contributed by atoms with E-state index in [-0.39, 0.29) is 5.75 Å². The number of benzene rings is 2. The van der Waals surface area contributed by atoms with E-state index in [4.69, 9.17) is 9.47 Å². The Hall–Kier alpha value is -2.34. The molecular weight excluding hydrogens is 304 g/mol. The summed E-state index contributed by atoms with van der Waals surface area (Å²) in [5.41, 5.74) is 0.958. The van der Waals surface area contributed by atoms with Gasteiger partial charge in [-0.05, 0) is 29.8 Å². The number of sulfone groups is 1. The van der Waals surface area contributed by atoms with Crippen molar-refractivity contribution < 1.29 is 22.7 Å². The summed E-state index contributed by atoms with van der Waals surface area (Å²) in [6.45, 7) is 0. The molecule has 2 aromatic carbocycles. The molecule has 5 nitrogen and oxygen atoms in total. The van der Waals surface area contributed by atoms with Crippen molar-refractivity contribution in [2.75, 3.05) is 13.4 Å². The van der Waals surface area contributed by atoms with Crippen LogP contribution in [-0.2, 0) is 15.6 Å². The maximum absolute atomic E-state index is 12.1. The summed E-state index contributed by atoms with van der Waals surface area (Å²) in [7, 11) is -1.61. The lowest BCUT2D eigenvalue weighted by Gasteiger charge is -2.09. The Morgan fingerprint density at radius 3 is 2.14 bits per heavy atom. The average Bonchev–Trinajstić information content (AvgIpc) is 2.47. The first kappa shape index (κ1) is 16.0. The third-order valence-electron chi connectivity index (χ3n) is 2.89. The van der Waals surface area contributed by atoms with Crippen LogP contribution in [0.3, 0.4) is 0 Å². The van der Waals surface area contributed by atoms with Gasteiger partial charge in [-0.15, -0.1) is 0 Å². The molecule has 0 saturated heterocycles. The smallest absolute Gasteiger partial charge is 0.343 e. The molecule has 0 spiro atoms. The van der Waals surface area contributed by atoms with Crippen molar-refractivity contribution in [2.45, 2.75) is 5.75 Å². The van der Waals surface area contributed by atoms with Gasteiger partial charge in [0.15, 0.2) is 21.3 Å². The van der Waals surface area contributed by atoms with Gasteiger partial charge < -0.3 is 9.47 Å². The molecule has 0 bridgehead atoms. The first-order valence-electron chi connectivity index (χ1n) is 6.51. The van der Waals surface area contributed by atoms with E-state index in [1.807, 2.05) is 0 Å². The average molecular weight is 320 g/mol. The highest BCUT2D eigenvalue weighted by Crippen LogP contribution is 2.26. The SMILES string of the molecule is COc1ccccc1OC(=O)c1ccc(CS(C)(=O)=O)cc1. The predicted octanol–water partition coefficient (Wildman–Crippen LogP) is 2.46. The van der Waals surface area contributed by atoms with Crippen LogP contribution in [0.4, 0.5) is 0 Å². The molecule has 0 fully saturated rings. The van der Waals surface area contributed by atoms with Gasteiger partial charge in [0.1, 0.15) is 0 Å². The Bertz CT molecular complexity index is 763. The molecule has 2 aromatic rings. The molecule has 0 heterocycles. The molecule has 116 valence electrons. The van der Waals surface area contributed by atoms with Gasteiger partial charge in [-0.2, -0.15) is 0 Å². The molecule has 0 aliphatic heterocycles. The third kappa shape index (κ3) is 4.33. The predicted molar refractivity (Wildman–Crippen MR) is 82.9 cm³/mol. The monoisotopic (exact) mass is 320 g/mol. The molecule has 22 heavy (non-hydrogen) atoms. The van der Waals surface area contributed by atoms with E-state index in [2.05, 4.69) is 0 Å². The van der Waals surface area contributed by atoms with Gasteiger partial charge >= 0.3 is 5.97 Å². The van der Waals surface area contributed by atoms with Crippen LogP contribution in [-0.4, -0.2) is 27.8 Å². The molecule has 0 aromatic heterocycles. The first-order valence-corrected chi connectivity index (χ1v) is 8.57. The molecule has 0 atom stereocenters. The second-order valence-corrected chi connectivity index (χ2v) is 6.95. The molecule has 6 heteroatoms. The fourth-order valence-electron chi connectivity index (χ4n) is 1.90. The summed E-state index contributed by atoms with van der Waals surface area (Å²) in [4.78, 5) is 12.1. The summed E-state index contributed by atoms with van der Waals surface area (Å²) in [5, 5.41) is 0. The van der Waals surface area contributed by atoms with Crippen LogP contribution in [0.2, 0.25) is 0 Å². The number of carbonyl (C=O) groups excluding carboxylic acids is 1. The lowest BCUT2D eigenvalue weighted by atomic mass is 10.1. The van der Waals surface area contributed by atoms with Crippen molar-refractivity contribution in [3.63, 3.8) is 0 Å². The molecule has 0 saturated carbocycles. The Balaban J connectivity index is 2.13. The fraction of sp³-hybridized carbons (Fsp3) is 0.188. The molecule has 0 aliphatic rings. The maximum Gasteiger partial charge on any atom is 0.343 e. The van der Waals surface area contributed by atoms with Crippen LogP contribution in [0.5, 0.6) is 11.5 Å². The summed E-state index contributed by atoms with van der Waals surface area (Å²) in [5.74, 6) is 0.199. The summed E-state index contributed by atoms with van der Waals surface area (Å²) in [6, 6.07) is 13.1. The zero-order chi connectivity index (χ0) is 16.2. The van der Waals surface area contributed by atoms with Crippen molar-refractivity contribution in [2.24, 2.45) is 0 Å². The Kier molecular flexibility index (Phi) is 4.82. The number of carbonyl (C=O) groups is 1. The van der Waals surface area contributed by atoms with E-state index in [1.54, 1.807) is 36.4 Å². The normalized spacial score (nSPS) is 11.0. The Labute approximate surface area is 129 Å². The molecule has 2 rings (SSSR count). The quantitative estimate of drug-likeness (QED) is 0.625. The lowest BCUT2D eigenvalue weighted by molar-refractivity contribution is 0.0729. The molecule has 0 radical (unpaired) electrons. The Morgan fingerprint density at radius 1 is 1.00 bits per heavy atom. The number of esters is 1. The van der Waals surface area contributed by atoms with Crippen molar-refractivity contribution in [1.82, 2.24) is 0 Å². The lowest BCUT2D eigenvalue weighted by Crippen LogP contribution is -2.09. The van der Waals surface area contributed by atoms with Crippen molar-refractivity contribution in [3.05, 3.63) is 59.7 Å². The molecular formula is C16H16O5S. The van der Waals surface area contributed by atoms with E-state index < -0.39 is 15.8 Å². The zero-order valence-corrected chi connectivity index (χ0v) is 13.1. The summed E-state index contributed by atoms with van der Waals surface area (Å²) >= 11 is 0. The molecule has 0 aliphatic carbocycles. The zero-order valence-electron chi connectivity index (χ0n) is 12.3. The van der Waals surface area contributed by atoms with Crippen LogP contribution in [0.15, 0.2) is 48.5 Å². The van der Waals surface area contributed by atoms with Gasteiger partial charge in [-0.3, -0.25) is 0 Å². The number of hydrogen-bond donors (Lipinski definition) is 0. The van der Waals surface area contributed by atoms with Crippen LogP contribution < -0.4 is 9.47 Å². The highest BCUT2D eigenvalue weighted by atomic mass is 32.2. The van der Waals surface area contributed by atoms with Crippen LogP contribution in [0.25, 0.3) is 0 Å². The van der Waals surface area contributed by atoms with Crippen molar-refractivity contribution in [3.8, 4) is 11.5 Å². The second kappa shape index (κ2) is 6.62. The standard InChI is InChI=1S/C16H16O5S/c1-20-14-5-3-4-6-15(14)21-16(17)13-9-7-12(8-10-13)11-22(2,18)19/h3-10H,11H2,1-2H3. The fourth-order valence-corrected chi connectivity index (χ4v) is 2.70. The highest BCUT2D eigenvalue weighted by molar-refractivity contribution is 7.89. The number of hydrogen-bond acceptors (Lipinski definition) is 5. The number of ether oxygens (including phenoxy) is 2. The topological polar surface area (TPSA) is 69.7 Å². The first-order chi connectivity index (χ1) is 10.4. The molecule has 0 N–H and O–H groups in total. The highest BCUT2D eigenvalue weighted by Gasteiger charge is 2.12. The minimum absolute atomic E-state index is 0.0607. The van der Waals surface area contributed by atoms with Crippen molar-refractivity contribution in [1.29, 1.82) is 0 Å². The Morgan fingerprint density at radius 2 is 1.59 bits per heavy atom. The molecule has 0 unspecified atom stereocenters. The van der Waals surface area contributed by atoms with Gasteiger partial charge in [-0.1, -0.05) is 24.3 Å². The molecule has 0 amide bonds. The minimum atomic E-state index is -3.10. The van der Waals surface area contributed by atoms with E-state index in [0.29, 0.717) is 22.6 Å². The van der Waals surface area contributed by atoms with E-state index in [0.717, 1.165) is 6.26 Å². The number of rotatable bonds is 5. The number of para-hydroxylation sites is 2. The van der Waals surface area contributed by atoms with Crippen molar-refractivity contribution >= 4 is 15.8 Å². The van der Waals surface area contributed by atoms with E-state index in [9.17, 15) is 13.2 Å². The van der Waals surface area contributed by atoms with E-state index in [1.165, 1.54) is 19.2 Å². The van der Waals surface area contributed by atoms with Crippen LogP contribution in [0.1, 0.15) is 15.9 Å². The van der Waals surface area contributed by atoms with Gasteiger partial charge in [0.25, 0.3) is 0 Å². The summed E-state index contributed by atoms with van der Waals surface area (Å²) < 4.78 is 32.8. The minimum Gasteiger partial charge on any atom is -0.493 e. The van der Waals surface area contributed by atoms with Gasteiger partial charge in [0, 0.05) is 6.26 Å². The largest absolute Gasteiger partial charge is 0.493 e. The van der Waals surface area contributed by atoms with Gasteiger partial charge in [0.2, 0.25) is 0 Å².